The van der Waals surface area contributed by atoms with E-state index in [4.69, 9.17) is 4.74 Å². The second-order valence-electron chi connectivity index (χ2n) is 12.8. The predicted octanol–water partition coefficient (Wildman–Crippen LogP) is 9.40. The smallest absolute Gasteiger partial charge is 0.319 e. The monoisotopic (exact) mass is 534 g/mol. The normalized spacial score (nSPS) is 40.0. The molecule has 0 bridgehead atoms. The van der Waals surface area contributed by atoms with E-state index in [9.17, 15) is 4.79 Å². The van der Waals surface area contributed by atoms with Gasteiger partial charge in [0.05, 0.1) is 0 Å². The van der Waals surface area contributed by atoms with Gasteiger partial charge in [0.25, 0.3) is 0 Å². The SMILES string of the molecule is CCCCCCCC[C@H]1CC[C@H]2[C@@H]3CC=C4C[C@@H](OC(=O)[C@H](Br)CC)CC[C@]4(C)[C@H]3CC[C@]12C. The second-order valence-corrected chi connectivity index (χ2v) is 13.9. The van der Waals surface area contributed by atoms with Gasteiger partial charge in [0.15, 0.2) is 0 Å². The minimum Gasteiger partial charge on any atom is -0.461 e. The van der Waals surface area contributed by atoms with Gasteiger partial charge in [0, 0.05) is 6.42 Å². The van der Waals surface area contributed by atoms with Crippen molar-refractivity contribution >= 4 is 21.9 Å². The topological polar surface area (TPSA) is 26.3 Å². The van der Waals surface area contributed by atoms with Crippen LogP contribution in [0.25, 0.3) is 0 Å². The first-order chi connectivity index (χ1) is 16.3. The van der Waals surface area contributed by atoms with Crippen molar-refractivity contribution in [1.29, 1.82) is 0 Å². The molecule has 2 nitrogen and oxygen atoms in total. The number of halogens is 1. The van der Waals surface area contributed by atoms with Crippen molar-refractivity contribution in [2.75, 3.05) is 0 Å². The van der Waals surface area contributed by atoms with Gasteiger partial charge in [-0.25, -0.2) is 0 Å². The van der Waals surface area contributed by atoms with E-state index in [-0.39, 0.29) is 16.9 Å². The number of allylic oxidation sites excluding steroid dienone is 1. The highest BCUT2D eigenvalue weighted by molar-refractivity contribution is 9.10. The molecule has 8 atom stereocenters. The van der Waals surface area contributed by atoms with E-state index in [0.717, 1.165) is 42.9 Å². The van der Waals surface area contributed by atoms with Crippen LogP contribution in [0.2, 0.25) is 0 Å². The van der Waals surface area contributed by atoms with Crippen LogP contribution in [0.3, 0.4) is 0 Å². The lowest BCUT2D eigenvalue weighted by molar-refractivity contribution is -0.150. The average molecular weight is 536 g/mol. The van der Waals surface area contributed by atoms with Crippen LogP contribution in [0, 0.1) is 34.5 Å². The lowest BCUT2D eigenvalue weighted by atomic mass is 9.47. The van der Waals surface area contributed by atoms with Gasteiger partial charge in [-0.15, -0.1) is 0 Å². The molecule has 194 valence electrons. The number of fused-ring (bicyclic) bond motifs is 5. The van der Waals surface area contributed by atoms with Crippen LogP contribution < -0.4 is 0 Å². The number of alkyl halides is 1. The first kappa shape index (κ1) is 26.7. The summed E-state index contributed by atoms with van der Waals surface area (Å²) < 4.78 is 5.92. The summed E-state index contributed by atoms with van der Waals surface area (Å²) in [5.41, 5.74) is 2.54. The number of hydrogen-bond donors (Lipinski definition) is 0. The van der Waals surface area contributed by atoms with Gasteiger partial charge in [-0.2, -0.15) is 0 Å². The predicted molar refractivity (Wildman–Crippen MR) is 146 cm³/mol. The van der Waals surface area contributed by atoms with E-state index < -0.39 is 0 Å². The van der Waals surface area contributed by atoms with Gasteiger partial charge < -0.3 is 4.74 Å². The largest absolute Gasteiger partial charge is 0.461 e. The fourth-order valence-corrected chi connectivity index (χ4v) is 8.99. The third-order valence-corrected chi connectivity index (χ3v) is 12.1. The number of esters is 1. The van der Waals surface area contributed by atoms with Crippen molar-refractivity contribution in [1.82, 2.24) is 0 Å². The summed E-state index contributed by atoms with van der Waals surface area (Å²) in [6.45, 7) is 9.59. The van der Waals surface area contributed by atoms with Crippen molar-refractivity contribution in [3.63, 3.8) is 0 Å². The number of unbranched alkanes of at least 4 members (excludes halogenated alkanes) is 5. The summed E-state index contributed by atoms with van der Waals surface area (Å²) in [4.78, 5) is 12.2. The van der Waals surface area contributed by atoms with Crippen molar-refractivity contribution in [3.05, 3.63) is 11.6 Å². The number of carbonyl (C=O) groups is 1. The van der Waals surface area contributed by atoms with Gasteiger partial charge in [-0.1, -0.05) is 93.8 Å². The second kappa shape index (κ2) is 11.4. The molecule has 0 amide bonds. The Labute approximate surface area is 218 Å². The van der Waals surface area contributed by atoms with Gasteiger partial charge in [-0.3, -0.25) is 4.79 Å². The molecule has 0 aromatic heterocycles. The average Bonchev–Trinajstić information content (AvgIpc) is 3.17. The molecule has 0 unspecified atom stereocenters. The number of hydrogen-bond acceptors (Lipinski definition) is 2. The first-order valence-corrected chi connectivity index (χ1v) is 15.8. The Balaban J connectivity index is 1.37. The lowest BCUT2D eigenvalue weighted by Gasteiger charge is -2.58. The lowest BCUT2D eigenvalue weighted by Crippen LogP contribution is -2.50. The van der Waals surface area contributed by atoms with Crippen molar-refractivity contribution in [3.8, 4) is 0 Å². The fraction of sp³-hybridized carbons (Fsp3) is 0.903. The quantitative estimate of drug-likeness (QED) is 0.121. The minimum atomic E-state index is -0.159. The highest BCUT2D eigenvalue weighted by atomic mass is 79.9. The maximum atomic E-state index is 12.4. The zero-order chi connectivity index (χ0) is 24.3. The highest BCUT2D eigenvalue weighted by Crippen LogP contribution is 2.66. The molecule has 0 aromatic rings. The third kappa shape index (κ3) is 5.21. The van der Waals surface area contributed by atoms with Crippen LogP contribution in [-0.4, -0.2) is 16.9 Å². The summed E-state index contributed by atoms with van der Waals surface area (Å²) in [6, 6.07) is 0. The molecule has 0 radical (unpaired) electrons. The van der Waals surface area contributed by atoms with E-state index in [1.165, 1.54) is 83.5 Å². The summed E-state index contributed by atoms with van der Waals surface area (Å²) in [5, 5.41) is 0. The minimum absolute atomic E-state index is 0.0683. The summed E-state index contributed by atoms with van der Waals surface area (Å²) >= 11 is 3.47. The van der Waals surface area contributed by atoms with Crippen molar-refractivity contribution < 1.29 is 9.53 Å². The van der Waals surface area contributed by atoms with Gasteiger partial charge in [0.2, 0.25) is 0 Å². The summed E-state index contributed by atoms with van der Waals surface area (Å²) in [7, 11) is 0. The Morgan fingerprint density at radius 3 is 2.56 bits per heavy atom. The van der Waals surface area contributed by atoms with E-state index >= 15 is 0 Å². The molecule has 0 aromatic carbocycles. The van der Waals surface area contributed by atoms with Crippen LogP contribution in [0.4, 0.5) is 0 Å². The Bertz CT molecular complexity index is 731. The van der Waals surface area contributed by atoms with Crippen LogP contribution in [0.15, 0.2) is 11.6 Å². The van der Waals surface area contributed by atoms with Gasteiger partial charge in [-0.05, 0) is 92.3 Å². The maximum Gasteiger partial charge on any atom is 0.319 e. The zero-order valence-electron chi connectivity index (χ0n) is 22.5. The Morgan fingerprint density at radius 2 is 1.79 bits per heavy atom. The van der Waals surface area contributed by atoms with Crippen LogP contribution in [-0.2, 0) is 9.53 Å². The Kier molecular flexibility index (Phi) is 8.96. The first-order valence-electron chi connectivity index (χ1n) is 14.9. The molecular weight excluding hydrogens is 484 g/mol. The molecule has 3 fully saturated rings. The van der Waals surface area contributed by atoms with E-state index in [0.29, 0.717) is 10.8 Å². The molecule has 0 aliphatic heterocycles. The summed E-state index contributed by atoms with van der Waals surface area (Å²) in [6.07, 6.45) is 23.8. The number of rotatable bonds is 10. The van der Waals surface area contributed by atoms with Crippen molar-refractivity contribution in [2.24, 2.45) is 34.5 Å². The number of carbonyl (C=O) groups excluding carboxylic acids is 1. The Morgan fingerprint density at radius 1 is 1.03 bits per heavy atom. The molecule has 3 heteroatoms. The molecule has 0 heterocycles. The maximum absolute atomic E-state index is 12.4. The molecule has 0 N–H and O–H groups in total. The van der Waals surface area contributed by atoms with E-state index in [1.54, 1.807) is 5.57 Å². The molecule has 4 aliphatic carbocycles. The fourth-order valence-electron chi connectivity index (χ4n) is 8.89. The number of ether oxygens (including phenoxy) is 1. The van der Waals surface area contributed by atoms with E-state index in [2.05, 4.69) is 42.8 Å². The standard InChI is InChI=1S/C31H51BrO2/c1-5-7-8-9-10-11-12-22-14-16-26-25-15-13-23-21-24(34-29(33)28(32)6-2)17-19-31(23,4)27(25)18-20-30(22,26)3/h13,22,24-28H,5-12,14-21H2,1-4H3/t22-,24-,25-,26-,27-,28+,30+,31-/m0/s1. The molecule has 3 saturated carbocycles. The van der Waals surface area contributed by atoms with Crippen molar-refractivity contribution in [2.45, 2.75) is 141 Å². The summed E-state index contributed by atoms with van der Waals surface area (Å²) in [5.74, 6) is 3.55. The van der Waals surface area contributed by atoms with Crippen LogP contribution >= 0.6 is 15.9 Å². The zero-order valence-corrected chi connectivity index (χ0v) is 24.1. The molecule has 4 aliphatic rings. The molecule has 4 rings (SSSR count). The van der Waals surface area contributed by atoms with E-state index in [1.807, 2.05) is 6.92 Å². The highest BCUT2D eigenvalue weighted by Gasteiger charge is 2.58. The van der Waals surface area contributed by atoms with Crippen LogP contribution in [0.1, 0.15) is 130 Å². The molecule has 0 spiro atoms. The molecular formula is C31H51BrO2. The third-order valence-electron chi connectivity index (χ3n) is 11.1. The van der Waals surface area contributed by atoms with Gasteiger partial charge >= 0.3 is 5.97 Å². The molecule has 34 heavy (non-hydrogen) atoms. The molecule has 0 saturated heterocycles. The van der Waals surface area contributed by atoms with Crippen LogP contribution in [0.5, 0.6) is 0 Å². The Hall–Kier alpha value is -0.310. The van der Waals surface area contributed by atoms with Gasteiger partial charge in [0.1, 0.15) is 10.9 Å².